The van der Waals surface area contributed by atoms with Crippen molar-refractivity contribution in [3.8, 4) is 0 Å². The van der Waals surface area contributed by atoms with E-state index in [1.165, 1.54) is 12.0 Å². The first-order valence-electron chi connectivity index (χ1n) is 5.54. The summed E-state index contributed by atoms with van der Waals surface area (Å²) in [4.78, 5) is 24.8. The molecule has 0 aromatic carbocycles. The van der Waals surface area contributed by atoms with Crippen LogP contribution in [0.2, 0.25) is 0 Å². The molecule has 0 saturated carbocycles. The van der Waals surface area contributed by atoms with Crippen LogP contribution in [0.5, 0.6) is 0 Å². The second-order valence-electron chi connectivity index (χ2n) is 4.29. The molecule has 2 amide bonds. The average molecular weight is 229 g/mol. The Kier molecular flexibility index (Phi) is 4.89. The minimum Gasteiger partial charge on any atom is -0.396 e. The van der Waals surface area contributed by atoms with E-state index in [0.29, 0.717) is 19.3 Å². The normalized spacial score (nSPS) is 20.3. The van der Waals surface area contributed by atoms with Gasteiger partial charge in [0.2, 0.25) is 11.8 Å². The molecule has 1 N–H and O–H groups in total. The first-order chi connectivity index (χ1) is 7.60. The number of methoxy groups -OCH3 is 1. The lowest BCUT2D eigenvalue weighted by molar-refractivity contribution is -0.154. The van der Waals surface area contributed by atoms with Gasteiger partial charge in [-0.1, -0.05) is 6.92 Å². The third-order valence-electron chi connectivity index (χ3n) is 2.77. The van der Waals surface area contributed by atoms with Gasteiger partial charge in [-0.05, 0) is 12.3 Å². The Morgan fingerprint density at radius 1 is 1.44 bits per heavy atom. The lowest BCUT2D eigenvalue weighted by Crippen LogP contribution is -2.50. The summed E-state index contributed by atoms with van der Waals surface area (Å²) in [7, 11) is 1.52. The Labute approximate surface area is 95.4 Å². The molecule has 0 bridgehead atoms. The van der Waals surface area contributed by atoms with Gasteiger partial charge >= 0.3 is 0 Å². The first kappa shape index (κ1) is 13.1. The lowest BCUT2D eigenvalue weighted by Gasteiger charge is -2.34. The van der Waals surface area contributed by atoms with Crippen molar-refractivity contribution in [1.29, 1.82) is 0 Å². The van der Waals surface area contributed by atoms with E-state index < -0.39 is 0 Å². The number of carbonyl (C=O) groups is 2. The van der Waals surface area contributed by atoms with Crippen molar-refractivity contribution in [3.05, 3.63) is 0 Å². The van der Waals surface area contributed by atoms with Crippen molar-refractivity contribution < 1.29 is 19.4 Å². The maximum absolute atomic E-state index is 11.8. The van der Waals surface area contributed by atoms with Gasteiger partial charge in [0.15, 0.2) is 0 Å². The summed E-state index contributed by atoms with van der Waals surface area (Å²) in [5, 5.41) is 8.91. The molecule has 1 aliphatic heterocycles. The zero-order chi connectivity index (χ0) is 12.1. The number of aliphatic hydroxyl groups excluding tert-OH is 1. The molecular weight excluding hydrogens is 210 g/mol. The number of aliphatic hydroxyl groups is 1. The van der Waals surface area contributed by atoms with Crippen LogP contribution in [0.3, 0.4) is 0 Å². The highest BCUT2D eigenvalue weighted by Gasteiger charge is 2.34. The quantitative estimate of drug-likeness (QED) is 0.682. The number of hydrogen-bond acceptors (Lipinski definition) is 4. The highest BCUT2D eigenvalue weighted by atomic mass is 16.5. The highest BCUT2D eigenvalue weighted by molar-refractivity contribution is 5.98. The van der Waals surface area contributed by atoms with Gasteiger partial charge in [-0.25, -0.2) is 0 Å². The van der Waals surface area contributed by atoms with Crippen molar-refractivity contribution in [1.82, 2.24) is 4.90 Å². The molecule has 0 aromatic rings. The number of nitrogens with zero attached hydrogens (tertiary/aromatic N) is 1. The Bertz CT molecular complexity index is 243. The fourth-order valence-corrected chi connectivity index (χ4v) is 2.04. The first-order valence-corrected chi connectivity index (χ1v) is 5.54. The van der Waals surface area contributed by atoms with Gasteiger partial charge in [-0.3, -0.25) is 14.5 Å². The Morgan fingerprint density at radius 2 is 2.00 bits per heavy atom. The Balaban J connectivity index is 2.73. The molecule has 1 atom stereocenters. The van der Waals surface area contributed by atoms with Crippen LogP contribution in [0, 0.1) is 5.92 Å². The largest absolute Gasteiger partial charge is 0.396 e. The summed E-state index contributed by atoms with van der Waals surface area (Å²) < 4.78 is 4.98. The van der Waals surface area contributed by atoms with E-state index in [9.17, 15) is 9.59 Å². The summed E-state index contributed by atoms with van der Waals surface area (Å²) in [6.07, 6.45) is 1.18. The fourth-order valence-electron chi connectivity index (χ4n) is 2.04. The minimum absolute atomic E-state index is 0.0549. The predicted molar refractivity (Wildman–Crippen MR) is 57.6 cm³/mol. The van der Waals surface area contributed by atoms with Crippen molar-refractivity contribution in [3.63, 3.8) is 0 Å². The van der Waals surface area contributed by atoms with Crippen LogP contribution in [-0.4, -0.2) is 48.2 Å². The number of carbonyl (C=O) groups excluding carboxylic acids is 2. The van der Waals surface area contributed by atoms with Crippen molar-refractivity contribution >= 4 is 11.8 Å². The van der Waals surface area contributed by atoms with E-state index in [1.54, 1.807) is 0 Å². The monoisotopic (exact) mass is 229 g/mol. The van der Waals surface area contributed by atoms with Gasteiger partial charge in [0.05, 0.1) is 12.6 Å². The molecule has 5 nitrogen and oxygen atoms in total. The van der Waals surface area contributed by atoms with Gasteiger partial charge in [0.1, 0.15) is 0 Å². The van der Waals surface area contributed by atoms with E-state index in [1.807, 2.05) is 6.92 Å². The van der Waals surface area contributed by atoms with Crippen molar-refractivity contribution in [2.45, 2.75) is 32.2 Å². The highest BCUT2D eigenvalue weighted by Crippen LogP contribution is 2.22. The maximum atomic E-state index is 11.8. The molecule has 5 heteroatoms. The molecule has 1 aliphatic rings. The molecule has 0 aromatic heterocycles. The number of imide groups is 1. The molecule has 1 heterocycles. The van der Waals surface area contributed by atoms with Crippen LogP contribution < -0.4 is 0 Å². The molecule has 0 radical (unpaired) electrons. The molecule has 1 rings (SSSR count). The van der Waals surface area contributed by atoms with E-state index in [0.717, 1.165) is 0 Å². The van der Waals surface area contributed by atoms with E-state index in [2.05, 4.69) is 0 Å². The van der Waals surface area contributed by atoms with E-state index in [4.69, 9.17) is 9.84 Å². The van der Waals surface area contributed by atoms with Crippen molar-refractivity contribution in [2.75, 3.05) is 20.3 Å². The van der Waals surface area contributed by atoms with Crippen LogP contribution in [0.1, 0.15) is 26.2 Å². The number of amides is 2. The number of ether oxygens (including phenoxy) is 1. The van der Waals surface area contributed by atoms with Crippen LogP contribution >= 0.6 is 0 Å². The number of rotatable bonds is 5. The van der Waals surface area contributed by atoms with Crippen LogP contribution in [0.4, 0.5) is 0 Å². The van der Waals surface area contributed by atoms with E-state index >= 15 is 0 Å². The standard InChI is InChI=1S/C11H19NO4/c1-8-5-10(14)12(11(15)6-8)9(3-4-13)7-16-2/h8-9,13H,3-7H2,1-2H3. The predicted octanol–water partition coefficient (Wildman–Crippen LogP) is 0.169. The maximum Gasteiger partial charge on any atom is 0.229 e. The number of likely N-dealkylation sites (tertiary alicyclic amines) is 1. The number of hydrogen-bond donors (Lipinski definition) is 1. The average Bonchev–Trinajstić information content (AvgIpc) is 2.16. The smallest absolute Gasteiger partial charge is 0.229 e. The minimum atomic E-state index is -0.331. The van der Waals surface area contributed by atoms with E-state index in [-0.39, 0.29) is 37.0 Å². The fraction of sp³-hybridized carbons (Fsp3) is 0.818. The van der Waals surface area contributed by atoms with Gasteiger partial charge in [0.25, 0.3) is 0 Å². The SMILES string of the molecule is COCC(CCO)N1C(=O)CC(C)CC1=O. The van der Waals surface area contributed by atoms with Crippen LogP contribution in [-0.2, 0) is 14.3 Å². The Hall–Kier alpha value is -0.940. The van der Waals surface area contributed by atoms with Gasteiger partial charge < -0.3 is 9.84 Å². The summed E-state index contributed by atoms with van der Waals surface area (Å²) in [5.74, 6) is -0.188. The third kappa shape index (κ3) is 3.02. The molecule has 1 unspecified atom stereocenters. The van der Waals surface area contributed by atoms with Gasteiger partial charge in [0, 0.05) is 26.6 Å². The molecule has 92 valence electrons. The lowest BCUT2D eigenvalue weighted by atomic mass is 9.96. The summed E-state index contributed by atoms with van der Waals surface area (Å²) in [5.41, 5.74) is 0. The second kappa shape index (κ2) is 5.96. The third-order valence-corrected chi connectivity index (χ3v) is 2.77. The topological polar surface area (TPSA) is 66.8 Å². The second-order valence-corrected chi connectivity index (χ2v) is 4.29. The summed E-state index contributed by atoms with van der Waals surface area (Å²) in [6.45, 7) is 2.12. The molecule has 0 aliphatic carbocycles. The number of piperidine rings is 1. The molecular formula is C11H19NO4. The summed E-state index contributed by atoms with van der Waals surface area (Å²) in [6, 6.07) is -0.331. The zero-order valence-electron chi connectivity index (χ0n) is 9.81. The van der Waals surface area contributed by atoms with Crippen molar-refractivity contribution in [2.24, 2.45) is 5.92 Å². The zero-order valence-corrected chi connectivity index (χ0v) is 9.81. The molecule has 16 heavy (non-hydrogen) atoms. The van der Waals surface area contributed by atoms with Gasteiger partial charge in [-0.15, -0.1) is 0 Å². The molecule has 1 fully saturated rings. The molecule has 1 saturated heterocycles. The van der Waals surface area contributed by atoms with Gasteiger partial charge in [-0.2, -0.15) is 0 Å². The molecule has 0 spiro atoms. The van der Waals surface area contributed by atoms with Crippen LogP contribution in [0.15, 0.2) is 0 Å². The Morgan fingerprint density at radius 3 is 2.44 bits per heavy atom. The van der Waals surface area contributed by atoms with Crippen LogP contribution in [0.25, 0.3) is 0 Å². The summed E-state index contributed by atoms with van der Waals surface area (Å²) >= 11 is 0.